The molecule has 0 aromatic carbocycles. The fourth-order valence-corrected chi connectivity index (χ4v) is 1.06. The Morgan fingerprint density at radius 2 is 1.62 bits per heavy atom. The predicted octanol–water partition coefficient (Wildman–Crippen LogP) is 0.734. The molecule has 4 heteroatoms. The second kappa shape index (κ2) is 5.45. The number of ether oxygens (including phenoxy) is 1. The van der Waals surface area contributed by atoms with Gasteiger partial charge in [0, 0.05) is 6.42 Å². The molecule has 4 nitrogen and oxygen atoms in total. The highest BCUT2D eigenvalue weighted by Crippen LogP contribution is 2.09. The first-order valence-corrected chi connectivity index (χ1v) is 4.06. The van der Waals surface area contributed by atoms with E-state index in [9.17, 15) is 14.4 Å². The van der Waals surface area contributed by atoms with Gasteiger partial charge in [-0.15, -0.1) is 0 Å². The van der Waals surface area contributed by atoms with Gasteiger partial charge in [-0.2, -0.15) is 0 Å². The first-order chi connectivity index (χ1) is 5.99. The molecule has 74 valence electrons. The lowest BCUT2D eigenvalue weighted by Gasteiger charge is -2.08. The van der Waals surface area contributed by atoms with Crippen LogP contribution in [0.25, 0.3) is 0 Å². The van der Waals surface area contributed by atoms with E-state index in [4.69, 9.17) is 0 Å². The van der Waals surface area contributed by atoms with Gasteiger partial charge >= 0.3 is 5.97 Å². The highest BCUT2D eigenvalue weighted by molar-refractivity contribution is 6.00. The molecular formula is C9H14O4. The summed E-state index contributed by atoms with van der Waals surface area (Å²) in [4.78, 5) is 32.5. The SMILES string of the molecule is CO[13C](=O)CCC(C(C)=O)C(C)=O. The summed E-state index contributed by atoms with van der Waals surface area (Å²) < 4.78 is 4.40. The van der Waals surface area contributed by atoms with Crippen LogP contribution in [0, 0.1) is 5.92 Å². The minimum absolute atomic E-state index is 0.111. The van der Waals surface area contributed by atoms with E-state index >= 15 is 0 Å². The van der Waals surface area contributed by atoms with Crippen LogP contribution < -0.4 is 0 Å². The maximum Gasteiger partial charge on any atom is 0.305 e. The van der Waals surface area contributed by atoms with Crippen LogP contribution in [-0.4, -0.2) is 24.6 Å². The Hall–Kier alpha value is -1.19. The number of Topliss-reactive ketones (excluding diaryl/α,β-unsaturated/α-hetero) is 2. The molecule has 13 heavy (non-hydrogen) atoms. The molecule has 0 fully saturated rings. The van der Waals surface area contributed by atoms with Crippen LogP contribution >= 0.6 is 0 Å². The number of methoxy groups -OCH3 is 1. The van der Waals surface area contributed by atoms with E-state index in [0.29, 0.717) is 0 Å². The third-order valence-electron chi connectivity index (χ3n) is 1.85. The number of carbonyl (C=O) groups excluding carboxylic acids is 3. The molecule has 0 saturated carbocycles. The molecule has 0 radical (unpaired) electrons. The molecule has 0 aliphatic carbocycles. The van der Waals surface area contributed by atoms with Crippen molar-refractivity contribution >= 4 is 17.5 Å². The first kappa shape index (κ1) is 11.8. The standard InChI is InChI=1S/C9H14O4/c1-6(10)8(7(2)11)4-5-9(12)13-3/h8H,4-5H2,1-3H3/i9+1. The Morgan fingerprint density at radius 1 is 1.15 bits per heavy atom. The molecule has 0 spiro atoms. The van der Waals surface area contributed by atoms with E-state index < -0.39 is 11.9 Å². The third-order valence-corrected chi connectivity index (χ3v) is 1.85. The molecule has 0 bridgehead atoms. The van der Waals surface area contributed by atoms with Crippen molar-refractivity contribution in [2.24, 2.45) is 5.92 Å². The molecule has 0 unspecified atom stereocenters. The monoisotopic (exact) mass is 187 g/mol. The molecule has 0 heterocycles. The third kappa shape index (κ3) is 4.40. The molecule has 0 amide bonds. The first-order valence-electron chi connectivity index (χ1n) is 4.06. The Labute approximate surface area is 77.3 Å². The van der Waals surface area contributed by atoms with Gasteiger partial charge in [0.15, 0.2) is 0 Å². The van der Waals surface area contributed by atoms with E-state index in [1.54, 1.807) is 0 Å². The van der Waals surface area contributed by atoms with Crippen LogP contribution in [0.15, 0.2) is 0 Å². The number of rotatable bonds is 5. The zero-order valence-electron chi connectivity index (χ0n) is 8.12. The molecule has 0 saturated heterocycles. The van der Waals surface area contributed by atoms with Crippen LogP contribution in [0.5, 0.6) is 0 Å². The van der Waals surface area contributed by atoms with Gasteiger partial charge in [-0.1, -0.05) is 0 Å². The van der Waals surface area contributed by atoms with Crippen molar-refractivity contribution in [3.8, 4) is 0 Å². The van der Waals surface area contributed by atoms with Crippen LogP contribution in [-0.2, 0) is 19.1 Å². The Morgan fingerprint density at radius 3 is 1.92 bits per heavy atom. The quantitative estimate of drug-likeness (QED) is 0.361. The normalized spacial score (nSPS) is 9.85. The van der Waals surface area contributed by atoms with Crippen molar-refractivity contribution in [1.82, 2.24) is 0 Å². The minimum Gasteiger partial charge on any atom is -0.469 e. The summed E-state index contributed by atoms with van der Waals surface area (Å²) in [5.41, 5.74) is 0. The second-order valence-corrected chi connectivity index (χ2v) is 2.89. The summed E-state index contributed by atoms with van der Waals surface area (Å²) in [5, 5.41) is 0. The summed E-state index contributed by atoms with van der Waals surface area (Å²) in [5.74, 6) is -1.44. The molecule has 0 aliphatic heterocycles. The van der Waals surface area contributed by atoms with Crippen LogP contribution in [0.2, 0.25) is 0 Å². The fourth-order valence-electron chi connectivity index (χ4n) is 1.06. The Kier molecular flexibility index (Phi) is 4.96. The maximum atomic E-state index is 10.9. The van der Waals surface area contributed by atoms with Crippen LogP contribution in [0.4, 0.5) is 0 Å². The van der Waals surface area contributed by atoms with Gasteiger partial charge < -0.3 is 4.74 Å². The van der Waals surface area contributed by atoms with Crippen molar-refractivity contribution in [2.45, 2.75) is 26.7 Å². The van der Waals surface area contributed by atoms with Gasteiger partial charge in [0.1, 0.15) is 11.6 Å². The summed E-state index contributed by atoms with van der Waals surface area (Å²) in [6.07, 6.45) is 0.359. The zero-order chi connectivity index (χ0) is 10.4. The molecule has 0 N–H and O–H groups in total. The second-order valence-electron chi connectivity index (χ2n) is 2.89. The fraction of sp³-hybridized carbons (Fsp3) is 0.667. The van der Waals surface area contributed by atoms with E-state index in [0.717, 1.165) is 0 Å². The maximum absolute atomic E-state index is 10.9. The van der Waals surface area contributed by atoms with Crippen molar-refractivity contribution < 1.29 is 19.1 Å². The van der Waals surface area contributed by atoms with E-state index in [1.807, 2.05) is 0 Å². The highest BCUT2D eigenvalue weighted by atomic mass is 16.6. The van der Waals surface area contributed by atoms with Gasteiger partial charge in [-0.05, 0) is 20.3 Å². The molecular weight excluding hydrogens is 173 g/mol. The molecule has 0 atom stereocenters. The largest absolute Gasteiger partial charge is 0.469 e. The average Bonchev–Trinajstić information content (AvgIpc) is 2.03. The topological polar surface area (TPSA) is 60.4 Å². The lowest BCUT2D eigenvalue weighted by molar-refractivity contribution is -0.141. The van der Waals surface area contributed by atoms with Crippen LogP contribution in [0.3, 0.4) is 0 Å². The van der Waals surface area contributed by atoms with Crippen LogP contribution in [0.1, 0.15) is 26.7 Å². The van der Waals surface area contributed by atoms with Gasteiger partial charge in [-0.3, -0.25) is 14.4 Å². The van der Waals surface area contributed by atoms with Gasteiger partial charge in [-0.25, -0.2) is 0 Å². The molecule has 0 aromatic heterocycles. The van der Waals surface area contributed by atoms with Gasteiger partial charge in [0.25, 0.3) is 0 Å². The van der Waals surface area contributed by atoms with E-state index in [-0.39, 0.29) is 24.4 Å². The summed E-state index contributed by atoms with van der Waals surface area (Å²) in [7, 11) is 1.28. The van der Waals surface area contributed by atoms with Gasteiger partial charge in [0.05, 0.1) is 13.0 Å². The van der Waals surface area contributed by atoms with Crippen molar-refractivity contribution in [1.29, 1.82) is 0 Å². The lowest BCUT2D eigenvalue weighted by Crippen LogP contribution is -2.20. The smallest absolute Gasteiger partial charge is 0.305 e. The number of hydrogen-bond donors (Lipinski definition) is 0. The summed E-state index contributed by atoms with van der Waals surface area (Å²) >= 11 is 0. The number of ketones is 2. The number of hydrogen-bond acceptors (Lipinski definition) is 4. The van der Waals surface area contributed by atoms with E-state index in [2.05, 4.69) is 4.74 Å². The summed E-state index contributed by atoms with van der Waals surface area (Å²) in [6.45, 7) is 2.70. The minimum atomic E-state index is -0.654. The average molecular weight is 187 g/mol. The van der Waals surface area contributed by atoms with Crippen molar-refractivity contribution in [3.63, 3.8) is 0 Å². The molecule has 0 rings (SSSR count). The van der Waals surface area contributed by atoms with Gasteiger partial charge in [0.2, 0.25) is 0 Å². The predicted molar refractivity (Wildman–Crippen MR) is 46.1 cm³/mol. The zero-order valence-corrected chi connectivity index (χ0v) is 8.12. The van der Waals surface area contributed by atoms with Crippen molar-refractivity contribution in [3.05, 3.63) is 0 Å². The summed E-state index contributed by atoms with van der Waals surface area (Å²) in [6, 6.07) is 0. The number of carbonyl (C=O) groups is 3. The van der Waals surface area contributed by atoms with Crippen molar-refractivity contribution in [2.75, 3.05) is 7.11 Å². The highest BCUT2D eigenvalue weighted by Gasteiger charge is 2.20. The molecule has 0 aliphatic rings. The number of esters is 1. The Balaban J connectivity index is 4.05. The molecule has 0 aromatic rings. The Bertz CT molecular complexity index is 206. The lowest BCUT2D eigenvalue weighted by atomic mass is 9.97. The van der Waals surface area contributed by atoms with E-state index in [1.165, 1.54) is 21.0 Å².